The molecule has 82 valence electrons. The van der Waals surface area contributed by atoms with Crippen LogP contribution in [0.25, 0.3) is 0 Å². The smallest absolute Gasteiger partial charge is 0.217 e. The van der Waals surface area contributed by atoms with Gasteiger partial charge in [-0.3, -0.25) is 4.79 Å². The number of aromatic nitrogens is 2. The van der Waals surface area contributed by atoms with Crippen LogP contribution in [0.5, 0.6) is 0 Å². The van der Waals surface area contributed by atoms with Crippen LogP contribution in [0.3, 0.4) is 0 Å². The molecule has 0 N–H and O–H groups in total. The summed E-state index contributed by atoms with van der Waals surface area (Å²) in [4.78, 5) is 11.6. The van der Waals surface area contributed by atoms with E-state index in [1.165, 1.54) is 0 Å². The fourth-order valence-electron chi connectivity index (χ4n) is 1.10. The number of hydrogen-bond acceptors (Lipinski definition) is 4. The topological polar surface area (TPSA) is 42.9 Å². The number of carbonyl (C=O) groups excluding carboxylic acids is 1. The number of halogens is 3. The van der Waals surface area contributed by atoms with E-state index < -0.39 is 28.8 Å². The Labute approximate surface area is 91.9 Å². The maximum absolute atomic E-state index is 13.2. The van der Waals surface area contributed by atoms with Crippen LogP contribution in [-0.2, 0) is 0 Å². The SMILES string of the molecule is O=C(c1cnsn1)c1ccc(F)c(F)c1F. The molecule has 0 amide bonds. The summed E-state index contributed by atoms with van der Waals surface area (Å²) in [6.45, 7) is 0. The quantitative estimate of drug-likeness (QED) is 0.600. The molecule has 2 aromatic rings. The largest absolute Gasteiger partial charge is 0.287 e. The van der Waals surface area contributed by atoms with Crippen molar-refractivity contribution in [3.05, 3.63) is 47.0 Å². The molecule has 1 heterocycles. The van der Waals surface area contributed by atoms with Crippen LogP contribution in [0.15, 0.2) is 18.3 Å². The van der Waals surface area contributed by atoms with E-state index in [0.29, 0.717) is 6.07 Å². The molecule has 2 rings (SSSR count). The van der Waals surface area contributed by atoms with Gasteiger partial charge in [0.05, 0.1) is 23.5 Å². The number of ketones is 1. The van der Waals surface area contributed by atoms with Crippen molar-refractivity contribution in [2.45, 2.75) is 0 Å². The van der Waals surface area contributed by atoms with Crippen molar-refractivity contribution in [3.8, 4) is 0 Å². The molecule has 0 aliphatic carbocycles. The summed E-state index contributed by atoms with van der Waals surface area (Å²) >= 11 is 0.765. The second kappa shape index (κ2) is 4.01. The average Bonchev–Trinajstić information content (AvgIpc) is 2.79. The highest BCUT2D eigenvalue weighted by molar-refractivity contribution is 6.99. The third-order valence-electron chi connectivity index (χ3n) is 1.87. The van der Waals surface area contributed by atoms with Gasteiger partial charge in [-0.05, 0) is 12.1 Å². The summed E-state index contributed by atoms with van der Waals surface area (Å²) < 4.78 is 45.8. The first kappa shape index (κ1) is 10.7. The first-order valence-corrected chi connectivity index (χ1v) is 4.80. The third-order valence-corrected chi connectivity index (χ3v) is 2.35. The van der Waals surface area contributed by atoms with Gasteiger partial charge in [0.15, 0.2) is 17.5 Å². The Balaban J connectivity index is 2.50. The van der Waals surface area contributed by atoms with Crippen molar-refractivity contribution in [1.29, 1.82) is 0 Å². The van der Waals surface area contributed by atoms with Gasteiger partial charge in [0.1, 0.15) is 5.69 Å². The normalized spacial score (nSPS) is 10.4. The van der Waals surface area contributed by atoms with Gasteiger partial charge in [-0.2, -0.15) is 8.75 Å². The van der Waals surface area contributed by atoms with Crippen LogP contribution in [0.4, 0.5) is 13.2 Å². The van der Waals surface area contributed by atoms with E-state index in [1.807, 2.05) is 0 Å². The second-order valence-corrected chi connectivity index (χ2v) is 3.40. The van der Waals surface area contributed by atoms with E-state index in [1.54, 1.807) is 0 Å². The predicted octanol–water partition coefficient (Wildman–Crippen LogP) is 2.19. The summed E-state index contributed by atoms with van der Waals surface area (Å²) in [5, 5.41) is 0. The molecule has 16 heavy (non-hydrogen) atoms. The van der Waals surface area contributed by atoms with Crippen LogP contribution < -0.4 is 0 Å². The molecule has 0 aliphatic heterocycles. The number of carbonyl (C=O) groups is 1. The zero-order chi connectivity index (χ0) is 11.7. The van der Waals surface area contributed by atoms with Crippen molar-refractivity contribution in [3.63, 3.8) is 0 Å². The highest BCUT2D eigenvalue weighted by Gasteiger charge is 2.21. The third kappa shape index (κ3) is 1.69. The summed E-state index contributed by atoms with van der Waals surface area (Å²) in [6.07, 6.45) is 1.13. The minimum absolute atomic E-state index is 0.102. The molecule has 0 saturated carbocycles. The zero-order valence-corrected chi connectivity index (χ0v) is 8.39. The van der Waals surface area contributed by atoms with Crippen molar-refractivity contribution in [1.82, 2.24) is 8.75 Å². The number of nitrogens with zero attached hydrogens (tertiary/aromatic N) is 2. The Morgan fingerprint density at radius 2 is 1.94 bits per heavy atom. The molecule has 0 spiro atoms. The first-order valence-electron chi connectivity index (χ1n) is 4.07. The lowest BCUT2D eigenvalue weighted by atomic mass is 10.1. The average molecular weight is 244 g/mol. The fraction of sp³-hybridized carbons (Fsp3) is 0. The van der Waals surface area contributed by atoms with Gasteiger partial charge in [-0.15, -0.1) is 0 Å². The Morgan fingerprint density at radius 3 is 2.56 bits per heavy atom. The molecule has 1 aromatic heterocycles. The van der Waals surface area contributed by atoms with Gasteiger partial charge in [0.2, 0.25) is 5.78 Å². The lowest BCUT2D eigenvalue weighted by Crippen LogP contribution is -2.07. The molecular weight excluding hydrogens is 241 g/mol. The van der Waals surface area contributed by atoms with Crippen LogP contribution in [-0.4, -0.2) is 14.5 Å². The Kier molecular flexibility index (Phi) is 2.69. The first-order chi connectivity index (χ1) is 7.61. The van der Waals surface area contributed by atoms with Crippen molar-refractivity contribution >= 4 is 17.5 Å². The molecule has 0 aliphatic rings. The summed E-state index contributed by atoms with van der Waals surface area (Å²) in [7, 11) is 0. The molecule has 0 bridgehead atoms. The maximum Gasteiger partial charge on any atom is 0.217 e. The van der Waals surface area contributed by atoms with Crippen LogP contribution in [0, 0.1) is 17.5 Å². The zero-order valence-electron chi connectivity index (χ0n) is 7.58. The van der Waals surface area contributed by atoms with E-state index in [0.717, 1.165) is 24.0 Å². The molecule has 0 unspecified atom stereocenters. The van der Waals surface area contributed by atoms with Crippen LogP contribution >= 0.6 is 11.7 Å². The molecule has 0 fully saturated rings. The summed E-state index contributed by atoms with van der Waals surface area (Å²) in [5.74, 6) is -5.36. The molecule has 0 atom stereocenters. The van der Waals surface area contributed by atoms with E-state index in [-0.39, 0.29) is 5.69 Å². The number of hydrogen-bond donors (Lipinski definition) is 0. The highest BCUT2D eigenvalue weighted by Crippen LogP contribution is 2.17. The standard InChI is InChI=1S/C9H3F3N2OS/c10-5-2-1-4(7(11)8(5)12)9(15)6-3-13-16-14-6/h1-3H. The van der Waals surface area contributed by atoms with Gasteiger partial charge >= 0.3 is 0 Å². The van der Waals surface area contributed by atoms with Crippen LogP contribution in [0.2, 0.25) is 0 Å². The number of rotatable bonds is 2. The molecule has 0 saturated heterocycles. The minimum atomic E-state index is -1.67. The lowest BCUT2D eigenvalue weighted by Gasteiger charge is -2.01. The van der Waals surface area contributed by atoms with E-state index in [4.69, 9.17) is 0 Å². The molecule has 3 nitrogen and oxygen atoms in total. The Bertz CT molecular complexity index is 542. The van der Waals surface area contributed by atoms with E-state index in [9.17, 15) is 18.0 Å². The second-order valence-electron chi connectivity index (χ2n) is 2.84. The Hall–Kier alpha value is -1.76. The molecular formula is C9H3F3N2OS. The van der Waals surface area contributed by atoms with Gasteiger partial charge in [0.25, 0.3) is 0 Å². The van der Waals surface area contributed by atoms with Gasteiger partial charge in [-0.25, -0.2) is 13.2 Å². The Morgan fingerprint density at radius 1 is 1.19 bits per heavy atom. The van der Waals surface area contributed by atoms with Gasteiger partial charge in [0, 0.05) is 0 Å². The van der Waals surface area contributed by atoms with Crippen LogP contribution in [0.1, 0.15) is 16.1 Å². The predicted molar refractivity (Wildman–Crippen MR) is 49.7 cm³/mol. The van der Waals surface area contributed by atoms with Crippen molar-refractivity contribution < 1.29 is 18.0 Å². The lowest BCUT2D eigenvalue weighted by molar-refractivity contribution is 0.103. The van der Waals surface area contributed by atoms with E-state index in [2.05, 4.69) is 8.75 Å². The van der Waals surface area contributed by atoms with Gasteiger partial charge in [-0.1, -0.05) is 0 Å². The van der Waals surface area contributed by atoms with Crippen molar-refractivity contribution in [2.75, 3.05) is 0 Å². The molecule has 1 aromatic carbocycles. The minimum Gasteiger partial charge on any atom is -0.287 e. The highest BCUT2D eigenvalue weighted by atomic mass is 32.1. The maximum atomic E-state index is 13.2. The van der Waals surface area contributed by atoms with Gasteiger partial charge < -0.3 is 0 Å². The summed E-state index contributed by atoms with van der Waals surface area (Å²) in [6, 6.07) is 1.56. The number of benzene rings is 1. The monoisotopic (exact) mass is 244 g/mol. The van der Waals surface area contributed by atoms with E-state index >= 15 is 0 Å². The molecule has 7 heteroatoms. The fourth-order valence-corrected chi connectivity index (χ4v) is 1.52. The van der Waals surface area contributed by atoms with Crippen molar-refractivity contribution in [2.24, 2.45) is 0 Å². The summed E-state index contributed by atoms with van der Waals surface area (Å²) in [5.41, 5.74) is -0.665. The molecule has 0 radical (unpaired) electrons.